The van der Waals surface area contributed by atoms with E-state index in [1.165, 1.54) is 5.56 Å². The van der Waals surface area contributed by atoms with Crippen LogP contribution >= 0.6 is 0 Å². The molecule has 0 aliphatic heterocycles. The number of hydrogen-bond donors (Lipinski definition) is 0. The van der Waals surface area contributed by atoms with Crippen molar-refractivity contribution in [2.24, 2.45) is 0 Å². The summed E-state index contributed by atoms with van der Waals surface area (Å²) in [6.07, 6.45) is 0. The molecule has 2 heteroatoms. The normalized spacial score (nSPS) is 10.2. The van der Waals surface area contributed by atoms with Crippen molar-refractivity contribution >= 4 is 17.2 Å². The first-order valence-corrected chi connectivity index (χ1v) is 5.99. The molecule has 2 aromatic carbocycles. The molecule has 0 radical (unpaired) electrons. The van der Waals surface area contributed by atoms with Crippen molar-refractivity contribution < 1.29 is 4.79 Å². The van der Waals surface area contributed by atoms with Crippen LogP contribution < -0.4 is 4.90 Å². The lowest BCUT2D eigenvalue weighted by molar-refractivity contribution is 0.101. The van der Waals surface area contributed by atoms with E-state index in [0.29, 0.717) is 0 Å². The van der Waals surface area contributed by atoms with Gasteiger partial charge in [-0.05, 0) is 50.2 Å². The molecule has 0 unspecified atom stereocenters. The van der Waals surface area contributed by atoms with Crippen molar-refractivity contribution in [2.75, 3.05) is 11.9 Å². The Kier molecular flexibility index (Phi) is 3.47. The molecule has 0 saturated carbocycles. The highest BCUT2D eigenvalue weighted by Gasteiger charge is 2.04. The lowest BCUT2D eigenvalue weighted by Crippen LogP contribution is -2.09. The number of Topliss-reactive ketones (excluding diaryl/α,β-unsaturated/α-hetero) is 1. The molecule has 0 spiro atoms. The van der Waals surface area contributed by atoms with Gasteiger partial charge in [0.1, 0.15) is 0 Å². The van der Waals surface area contributed by atoms with E-state index >= 15 is 0 Å². The zero-order valence-electron chi connectivity index (χ0n) is 11.0. The molecular formula is C16H17NO. The topological polar surface area (TPSA) is 20.3 Å². The molecule has 0 atom stereocenters. The highest BCUT2D eigenvalue weighted by Crippen LogP contribution is 2.23. The van der Waals surface area contributed by atoms with Crippen LogP contribution in [0.5, 0.6) is 0 Å². The molecule has 0 N–H and O–H groups in total. The maximum Gasteiger partial charge on any atom is 0.159 e. The first kappa shape index (κ1) is 12.4. The molecule has 0 aromatic heterocycles. The molecule has 0 bridgehead atoms. The van der Waals surface area contributed by atoms with Crippen LogP contribution in [0.1, 0.15) is 22.8 Å². The number of benzene rings is 2. The van der Waals surface area contributed by atoms with E-state index in [1.807, 2.05) is 31.3 Å². The van der Waals surface area contributed by atoms with E-state index in [1.54, 1.807) is 6.92 Å². The van der Waals surface area contributed by atoms with Gasteiger partial charge in [0.05, 0.1) is 0 Å². The molecule has 0 saturated heterocycles. The number of carbonyl (C=O) groups excluding carboxylic acids is 1. The standard InChI is InChI=1S/C16H17NO/c1-12-4-8-15(9-5-12)17(3)16-10-6-14(7-11-16)13(2)18/h4-11H,1-3H3. The van der Waals surface area contributed by atoms with Crippen molar-refractivity contribution in [3.8, 4) is 0 Å². The number of nitrogens with zero attached hydrogens (tertiary/aromatic N) is 1. The van der Waals surface area contributed by atoms with Gasteiger partial charge in [-0.2, -0.15) is 0 Å². The third kappa shape index (κ3) is 2.59. The summed E-state index contributed by atoms with van der Waals surface area (Å²) in [6, 6.07) is 16.0. The largest absolute Gasteiger partial charge is 0.345 e. The van der Waals surface area contributed by atoms with Crippen molar-refractivity contribution in [2.45, 2.75) is 13.8 Å². The molecular weight excluding hydrogens is 222 g/mol. The second kappa shape index (κ2) is 5.05. The van der Waals surface area contributed by atoms with Crippen LogP contribution in [0.4, 0.5) is 11.4 Å². The number of carbonyl (C=O) groups is 1. The Morgan fingerprint density at radius 3 is 1.78 bits per heavy atom. The lowest BCUT2D eigenvalue weighted by Gasteiger charge is -2.19. The average Bonchev–Trinajstić information content (AvgIpc) is 2.39. The third-order valence-corrected chi connectivity index (χ3v) is 3.08. The van der Waals surface area contributed by atoms with Crippen LogP contribution in [0.3, 0.4) is 0 Å². The molecule has 0 heterocycles. The molecule has 18 heavy (non-hydrogen) atoms. The Hall–Kier alpha value is -2.09. The van der Waals surface area contributed by atoms with Crippen molar-refractivity contribution in [3.05, 3.63) is 59.7 Å². The predicted molar refractivity (Wildman–Crippen MR) is 75.7 cm³/mol. The monoisotopic (exact) mass is 239 g/mol. The van der Waals surface area contributed by atoms with Gasteiger partial charge in [0.25, 0.3) is 0 Å². The Bertz CT molecular complexity index is 540. The average molecular weight is 239 g/mol. The SMILES string of the molecule is CC(=O)c1ccc(N(C)c2ccc(C)cc2)cc1. The molecule has 2 rings (SSSR count). The second-order valence-electron chi connectivity index (χ2n) is 4.50. The smallest absolute Gasteiger partial charge is 0.159 e. The Labute approximate surface area is 108 Å². The van der Waals surface area contributed by atoms with Crippen LogP contribution in [-0.2, 0) is 0 Å². The summed E-state index contributed by atoms with van der Waals surface area (Å²) in [7, 11) is 2.02. The van der Waals surface area contributed by atoms with E-state index in [0.717, 1.165) is 16.9 Å². The summed E-state index contributed by atoms with van der Waals surface area (Å²) >= 11 is 0. The first-order chi connectivity index (χ1) is 8.58. The number of aryl methyl sites for hydroxylation is 1. The van der Waals surface area contributed by atoms with Crippen molar-refractivity contribution in [3.63, 3.8) is 0 Å². The van der Waals surface area contributed by atoms with Gasteiger partial charge in [0.2, 0.25) is 0 Å². The Balaban J connectivity index is 2.25. The number of ketones is 1. The van der Waals surface area contributed by atoms with Gasteiger partial charge < -0.3 is 4.90 Å². The predicted octanol–water partition coefficient (Wildman–Crippen LogP) is 3.97. The highest BCUT2D eigenvalue weighted by atomic mass is 16.1. The van der Waals surface area contributed by atoms with E-state index in [4.69, 9.17) is 0 Å². The van der Waals surface area contributed by atoms with E-state index in [-0.39, 0.29) is 5.78 Å². The van der Waals surface area contributed by atoms with E-state index in [9.17, 15) is 4.79 Å². The summed E-state index contributed by atoms with van der Waals surface area (Å²) in [4.78, 5) is 13.3. The molecule has 2 nitrogen and oxygen atoms in total. The van der Waals surface area contributed by atoms with Crippen LogP contribution in [-0.4, -0.2) is 12.8 Å². The molecule has 92 valence electrons. The van der Waals surface area contributed by atoms with Gasteiger partial charge >= 0.3 is 0 Å². The maximum atomic E-state index is 11.2. The van der Waals surface area contributed by atoms with Gasteiger partial charge in [-0.3, -0.25) is 4.79 Å². The van der Waals surface area contributed by atoms with Gasteiger partial charge in [-0.25, -0.2) is 0 Å². The zero-order chi connectivity index (χ0) is 13.1. The minimum absolute atomic E-state index is 0.0968. The summed E-state index contributed by atoms with van der Waals surface area (Å²) < 4.78 is 0. The summed E-state index contributed by atoms with van der Waals surface area (Å²) in [5.41, 5.74) is 4.20. The zero-order valence-corrected chi connectivity index (χ0v) is 11.0. The van der Waals surface area contributed by atoms with Crippen LogP contribution in [0.15, 0.2) is 48.5 Å². The quantitative estimate of drug-likeness (QED) is 0.755. The fraction of sp³-hybridized carbons (Fsp3) is 0.188. The van der Waals surface area contributed by atoms with E-state index < -0.39 is 0 Å². The molecule has 0 fully saturated rings. The van der Waals surface area contributed by atoms with Crippen molar-refractivity contribution in [1.82, 2.24) is 0 Å². The van der Waals surface area contributed by atoms with Gasteiger partial charge in [-0.1, -0.05) is 17.7 Å². The van der Waals surface area contributed by atoms with Gasteiger partial charge in [-0.15, -0.1) is 0 Å². The fourth-order valence-electron chi connectivity index (χ4n) is 1.84. The number of hydrogen-bond acceptors (Lipinski definition) is 2. The fourth-order valence-corrected chi connectivity index (χ4v) is 1.84. The van der Waals surface area contributed by atoms with Crippen LogP contribution in [0.2, 0.25) is 0 Å². The van der Waals surface area contributed by atoms with Gasteiger partial charge in [0, 0.05) is 24.0 Å². The molecule has 2 aromatic rings. The lowest BCUT2D eigenvalue weighted by atomic mass is 10.1. The van der Waals surface area contributed by atoms with Crippen molar-refractivity contribution in [1.29, 1.82) is 0 Å². The number of rotatable bonds is 3. The highest BCUT2D eigenvalue weighted by molar-refractivity contribution is 5.94. The summed E-state index contributed by atoms with van der Waals surface area (Å²) in [5, 5.41) is 0. The molecule has 0 aliphatic carbocycles. The van der Waals surface area contributed by atoms with E-state index in [2.05, 4.69) is 36.1 Å². The third-order valence-electron chi connectivity index (χ3n) is 3.08. The Morgan fingerprint density at radius 1 is 0.889 bits per heavy atom. The molecule has 0 amide bonds. The summed E-state index contributed by atoms with van der Waals surface area (Å²) in [5.74, 6) is 0.0968. The first-order valence-electron chi connectivity index (χ1n) is 5.99. The summed E-state index contributed by atoms with van der Waals surface area (Å²) in [6.45, 7) is 3.66. The minimum Gasteiger partial charge on any atom is -0.345 e. The van der Waals surface area contributed by atoms with Crippen LogP contribution in [0, 0.1) is 6.92 Å². The van der Waals surface area contributed by atoms with Crippen LogP contribution in [0.25, 0.3) is 0 Å². The minimum atomic E-state index is 0.0968. The Morgan fingerprint density at radius 2 is 1.33 bits per heavy atom. The maximum absolute atomic E-state index is 11.2. The van der Waals surface area contributed by atoms with Gasteiger partial charge in [0.15, 0.2) is 5.78 Å². The molecule has 0 aliphatic rings. The second-order valence-corrected chi connectivity index (χ2v) is 4.50. The number of anilines is 2.